The summed E-state index contributed by atoms with van der Waals surface area (Å²) >= 11 is 10.9. The summed E-state index contributed by atoms with van der Waals surface area (Å²) in [5.74, 6) is -1.01. The van der Waals surface area contributed by atoms with Crippen molar-refractivity contribution in [3.05, 3.63) is 98.3 Å². The first-order chi connectivity index (χ1) is 16.9. The first-order valence-corrected chi connectivity index (χ1v) is 12.2. The summed E-state index contributed by atoms with van der Waals surface area (Å²) in [6.45, 7) is -0.258. The fourth-order valence-corrected chi connectivity index (χ4v) is 4.69. The second-order valence-corrected chi connectivity index (χ2v) is 9.53. The molecule has 0 aliphatic heterocycles. The van der Waals surface area contributed by atoms with Crippen molar-refractivity contribution < 1.29 is 19.1 Å². The normalized spacial score (nSPS) is 10.9. The van der Waals surface area contributed by atoms with Crippen LogP contribution in [-0.4, -0.2) is 30.5 Å². The Balaban J connectivity index is 1.25. The number of fused-ring (bicyclic) bond motifs is 1. The molecule has 10 heteroatoms. The Morgan fingerprint density at radius 2 is 1.71 bits per heavy atom. The van der Waals surface area contributed by atoms with Crippen molar-refractivity contribution in [3.8, 4) is 5.75 Å². The lowest BCUT2D eigenvalue weighted by atomic mass is 10.2. The van der Waals surface area contributed by atoms with E-state index in [0.29, 0.717) is 26.8 Å². The summed E-state index contributed by atoms with van der Waals surface area (Å²) in [4.78, 5) is 37.0. The van der Waals surface area contributed by atoms with Crippen molar-refractivity contribution in [2.24, 2.45) is 5.10 Å². The van der Waals surface area contributed by atoms with Crippen molar-refractivity contribution in [1.29, 1.82) is 0 Å². The number of halogens is 2. The molecule has 0 atom stereocenters. The summed E-state index contributed by atoms with van der Waals surface area (Å²) in [5.41, 5.74) is 3.46. The van der Waals surface area contributed by atoms with Crippen LogP contribution in [0.15, 0.2) is 82.4 Å². The van der Waals surface area contributed by atoms with Gasteiger partial charge in [0.05, 0.1) is 23.3 Å². The fourth-order valence-electron chi connectivity index (χ4n) is 2.99. The average Bonchev–Trinajstić information content (AvgIpc) is 3.20. The van der Waals surface area contributed by atoms with E-state index in [2.05, 4.69) is 31.8 Å². The second kappa shape index (κ2) is 11.3. The van der Waals surface area contributed by atoms with Crippen molar-refractivity contribution in [3.63, 3.8) is 0 Å². The molecule has 1 heterocycles. The summed E-state index contributed by atoms with van der Waals surface area (Å²) in [7, 11) is 0. The highest BCUT2D eigenvalue weighted by molar-refractivity contribution is 9.10. The Morgan fingerprint density at radius 3 is 2.43 bits per heavy atom. The maximum Gasteiger partial charge on any atom is 0.343 e. The van der Waals surface area contributed by atoms with E-state index >= 15 is 0 Å². The van der Waals surface area contributed by atoms with E-state index in [9.17, 15) is 14.4 Å². The number of carbonyl (C=O) groups is 3. The van der Waals surface area contributed by atoms with Gasteiger partial charge >= 0.3 is 5.97 Å². The number of rotatable bonds is 7. The Labute approximate surface area is 217 Å². The molecule has 4 rings (SSSR count). The smallest absolute Gasteiger partial charge is 0.343 e. The third-order valence-corrected chi connectivity index (χ3v) is 6.93. The van der Waals surface area contributed by atoms with Crippen LogP contribution in [0.2, 0.25) is 5.02 Å². The molecule has 3 aromatic carbocycles. The molecule has 2 N–H and O–H groups in total. The summed E-state index contributed by atoms with van der Waals surface area (Å²) < 4.78 is 7.10. The summed E-state index contributed by atoms with van der Waals surface area (Å²) in [5, 5.41) is 7.59. The minimum atomic E-state index is -0.494. The highest BCUT2D eigenvalue weighted by atomic mass is 79.9. The average molecular weight is 571 g/mol. The number of nitrogens with one attached hydrogen (secondary N) is 2. The molecule has 1 aromatic heterocycles. The number of amides is 2. The van der Waals surface area contributed by atoms with Crippen LogP contribution < -0.4 is 15.5 Å². The lowest BCUT2D eigenvalue weighted by Crippen LogP contribution is -2.34. The molecule has 0 bridgehead atoms. The molecule has 0 saturated carbocycles. The molecule has 0 spiro atoms. The van der Waals surface area contributed by atoms with Crippen LogP contribution in [0.1, 0.15) is 25.6 Å². The van der Waals surface area contributed by atoms with E-state index in [-0.39, 0.29) is 6.54 Å². The van der Waals surface area contributed by atoms with E-state index in [1.807, 2.05) is 24.3 Å². The van der Waals surface area contributed by atoms with Gasteiger partial charge in [-0.05, 0) is 60.2 Å². The molecule has 0 unspecified atom stereocenters. The highest BCUT2D eigenvalue weighted by Crippen LogP contribution is 2.34. The summed E-state index contributed by atoms with van der Waals surface area (Å²) in [6, 6.07) is 20.9. The first-order valence-electron chi connectivity index (χ1n) is 10.3. The zero-order valence-corrected chi connectivity index (χ0v) is 21.1. The standard InChI is InChI=1S/C25H17BrClN3O4S/c26-17-9-7-16(8-10-17)25(33)34-18-11-5-15(6-12-18)13-29-30-21(31)14-28-24(32)23-22(27)19-3-1-2-4-20(19)35-23/h1-13H,14H2,(H,28,32)(H,30,31)/b29-13+. The lowest BCUT2D eigenvalue weighted by Gasteiger charge is -2.05. The van der Waals surface area contributed by atoms with Crippen LogP contribution in [0.25, 0.3) is 10.1 Å². The Morgan fingerprint density at radius 1 is 1.00 bits per heavy atom. The van der Waals surface area contributed by atoms with E-state index in [1.165, 1.54) is 17.6 Å². The van der Waals surface area contributed by atoms with Gasteiger partial charge in [-0.15, -0.1) is 11.3 Å². The fraction of sp³-hybridized carbons (Fsp3) is 0.0400. The lowest BCUT2D eigenvalue weighted by molar-refractivity contribution is -0.120. The number of benzene rings is 3. The molecule has 0 fully saturated rings. The number of hydrogen-bond acceptors (Lipinski definition) is 6. The number of nitrogens with zero attached hydrogens (tertiary/aromatic N) is 1. The van der Waals surface area contributed by atoms with Crippen LogP contribution in [-0.2, 0) is 4.79 Å². The van der Waals surface area contributed by atoms with E-state index in [0.717, 1.165) is 14.6 Å². The number of thiophene rings is 1. The zero-order valence-electron chi connectivity index (χ0n) is 18.0. The number of hydrogen-bond donors (Lipinski definition) is 2. The van der Waals surface area contributed by atoms with E-state index < -0.39 is 17.8 Å². The van der Waals surface area contributed by atoms with Crippen LogP contribution >= 0.6 is 38.9 Å². The Bertz CT molecular complexity index is 1420. The van der Waals surface area contributed by atoms with Crippen LogP contribution in [0, 0.1) is 0 Å². The van der Waals surface area contributed by atoms with Gasteiger partial charge in [0.1, 0.15) is 10.6 Å². The van der Waals surface area contributed by atoms with Gasteiger partial charge in [0, 0.05) is 14.6 Å². The van der Waals surface area contributed by atoms with Gasteiger partial charge in [-0.3, -0.25) is 9.59 Å². The van der Waals surface area contributed by atoms with Gasteiger partial charge in [-0.25, -0.2) is 10.2 Å². The van der Waals surface area contributed by atoms with Gasteiger partial charge in [0.15, 0.2) is 0 Å². The van der Waals surface area contributed by atoms with Crippen LogP contribution in [0.5, 0.6) is 5.75 Å². The van der Waals surface area contributed by atoms with Crippen molar-refractivity contribution >= 4 is 73.0 Å². The number of hydrazone groups is 1. The Kier molecular flexibility index (Phi) is 7.91. The predicted molar refractivity (Wildman–Crippen MR) is 140 cm³/mol. The SMILES string of the molecule is O=C(CNC(=O)c1sc2ccccc2c1Cl)N/N=C/c1ccc(OC(=O)c2ccc(Br)cc2)cc1. The number of esters is 1. The molecule has 0 aliphatic carbocycles. The number of carbonyl (C=O) groups excluding carboxylic acids is 3. The molecule has 4 aromatic rings. The summed E-state index contributed by atoms with van der Waals surface area (Å²) in [6.07, 6.45) is 1.43. The molecule has 0 radical (unpaired) electrons. The van der Waals surface area contributed by atoms with Crippen LogP contribution in [0.3, 0.4) is 0 Å². The van der Waals surface area contributed by atoms with Gasteiger partial charge < -0.3 is 10.1 Å². The quantitative estimate of drug-likeness (QED) is 0.134. The van der Waals surface area contributed by atoms with Gasteiger partial charge in [0.2, 0.25) is 0 Å². The van der Waals surface area contributed by atoms with Gasteiger partial charge in [-0.2, -0.15) is 5.10 Å². The van der Waals surface area contributed by atoms with Gasteiger partial charge in [-0.1, -0.05) is 45.7 Å². The number of ether oxygens (including phenoxy) is 1. The van der Waals surface area contributed by atoms with Crippen LogP contribution in [0.4, 0.5) is 0 Å². The van der Waals surface area contributed by atoms with Crippen molar-refractivity contribution in [2.75, 3.05) is 6.54 Å². The maximum atomic E-state index is 12.4. The van der Waals surface area contributed by atoms with Gasteiger partial charge in [0.25, 0.3) is 11.8 Å². The van der Waals surface area contributed by atoms with Crippen molar-refractivity contribution in [1.82, 2.24) is 10.7 Å². The van der Waals surface area contributed by atoms with E-state index in [1.54, 1.807) is 48.5 Å². The third-order valence-electron chi connectivity index (χ3n) is 4.72. The molecule has 0 aliphatic rings. The minimum Gasteiger partial charge on any atom is -0.423 e. The molecule has 176 valence electrons. The highest BCUT2D eigenvalue weighted by Gasteiger charge is 2.17. The van der Waals surface area contributed by atoms with Crippen molar-refractivity contribution in [2.45, 2.75) is 0 Å². The monoisotopic (exact) mass is 569 g/mol. The topological polar surface area (TPSA) is 96.9 Å². The second-order valence-electron chi connectivity index (χ2n) is 7.18. The largest absolute Gasteiger partial charge is 0.423 e. The Hall–Kier alpha value is -3.53. The molecule has 7 nitrogen and oxygen atoms in total. The molecular formula is C25H17BrClN3O4S. The zero-order chi connectivity index (χ0) is 24.8. The molecule has 0 saturated heterocycles. The molecule has 35 heavy (non-hydrogen) atoms. The third kappa shape index (κ3) is 6.33. The predicted octanol–water partition coefficient (Wildman–Crippen LogP) is 5.42. The van der Waals surface area contributed by atoms with E-state index in [4.69, 9.17) is 16.3 Å². The molecule has 2 amide bonds. The molecular weight excluding hydrogens is 554 g/mol. The first kappa shape index (κ1) is 24.6. The maximum absolute atomic E-state index is 12.4. The minimum absolute atomic E-state index is 0.258.